The lowest BCUT2D eigenvalue weighted by Gasteiger charge is -2.16. The van der Waals surface area contributed by atoms with E-state index in [0.717, 1.165) is 0 Å². The van der Waals surface area contributed by atoms with Crippen molar-refractivity contribution in [2.24, 2.45) is 0 Å². The molecule has 0 aromatic carbocycles. The molecule has 0 saturated carbocycles. The van der Waals surface area contributed by atoms with Crippen molar-refractivity contribution in [1.29, 1.82) is 0 Å². The monoisotopic (exact) mass is 184 g/mol. The van der Waals surface area contributed by atoms with Crippen LogP contribution < -0.4 is 0 Å². The fourth-order valence-electron chi connectivity index (χ4n) is 0.416. The minimum atomic E-state index is -1.64. The van der Waals surface area contributed by atoms with Gasteiger partial charge < -0.3 is 25.2 Å². The van der Waals surface area contributed by atoms with Gasteiger partial charge in [-0.15, -0.1) is 0 Å². The van der Waals surface area contributed by atoms with Crippen LogP contribution in [-0.4, -0.2) is 51.6 Å². The molecule has 0 aromatic rings. The van der Waals surface area contributed by atoms with E-state index in [2.05, 4.69) is 0 Å². The third-order valence-electron chi connectivity index (χ3n) is 1.07. The van der Waals surface area contributed by atoms with Crippen LogP contribution in [-0.2, 0) is 4.79 Å². The molecule has 0 bridgehead atoms. The Morgan fingerprint density at radius 2 is 1.73 bits per heavy atom. The molecule has 11 heavy (non-hydrogen) atoms. The summed E-state index contributed by atoms with van der Waals surface area (Å²) in [5, 5.41) is 34.1. The van der Waals surface area contributed by atoms with Gasteiger partial charge in [0.05, 0.1) is 6.61 Å². The van der Waals surface area contributed by atoms with E-state index >= 15 is 0 Å². The van der Waals surface area contributed by atoms with Crippen LogP contribution in [0.15, 0.2) is 0 Å². The van der Waals surface area contributed by atoms with Crippen molar-refractivity contribution in [2.45, 2.75) is 18.3 Å². The van der Waals surface area contributed by atoms with Crippen molar-refractivity contribution < 1.29 is 25.2 Å². The van der Waals surface area contributed by atoms with Gasteiger partial charge in [-0.2, -0.15) is 9.90 Å². The summed E-state index contributed by atoms with van der Waals surface area (Å²) < 4.78 is 0. The fraction of sp³-hybridized carbons (Fsp3) is 0.800. The second-order valence-electron chi connectivity index (χ2n) is 1.87. The first-order valence-electron chi connectivity index (χ1n) is 2.73. The van der Waals surface area contributed by atoms with E-state index in [-0.39, 0.29) is 16.2 Å². The summed E-state index contributed by atoms with van der Waals surface area (Å²) in [5.41, 5.74) is 0. The van der Waals surface area contributed by atoms with Gasteiger partial charge in [0, 0.05) is 0 Å². The maximum atomic E-state index is 9.76. The molecule has 0 radical (unpaired) electrons. The van der Waals surface area contributed by atoms with E-state index < -0.39 is 24.9 Å². The van der Waals surface area contributed by atoms with Gasteiger partial charge in [0.1, 0.15) is 18.3 Å². The molecule has 4 N–H and O–H groups in total. The third kappa shape index (κ3) is 4.40. The molecule has 0 aliphatic rings. The Morgan fingerprint density at radius 1 is 1.27 bits per heavy atom. The zero-order valence-electron chi connectivity index (χ0n) is 5.92. The predicted octanol–water partition coefficient (Wildman–Crippen LogP) is -2.68. The number of aldehydes is 1. The van der Waals surface area contributed by atoms with Crippen molar-refractivity contribution in [3.63, 3.8) is 0 Å². The fourth-order valence-corrected chi connectivity index (χ4v) is 0.416. The van der Waals surface area contributed by atoms with Crippen LogP contribution in [0.1, 0.15) is 0 Å². The number of hydrogen-bond acceptors (Lipinski definition) is 5. The molecule has 0 amide bonds. The number of rotatable bonds is 4. The molecule has 0 fully saturated rings. The van der Waals surface area contributed by atoms with E-state index in [9.17, 15) is 4.79 Å². The molecule has 0 aliphatic carbocycles. The van der Waals surface area contributed by atoms with Crippen molar-refractivity contribution in [3.8, 4) is 0 Å². The van der Waals surface area contributed by atoms with Crippen LogP contribution >= 0.6 is 9.90 Å². The average molecular weight is 184 g/mol. The Morgan fingerprint density at radius 3 is 2.00 bits per heavy atom. The van der Waals surface area contributed by atoms with Crippen molar-refractivity contribution >= 4 is 16.2 Å². The summed E-state index contributed by atoms with van der Waals surface area (Å²) in [4.78, 5) is 9.76. The number of carbonyl (C=O) groups excluding carboxylic acids is 1. The lowest BCUT2D eigenvalue weighted by molar-refractivity contribution is -0.127. The van der Waals surface area contributed by atoms with Crippen LogP contribution in [0.25, 0.3) is 0 Å². The van der Waals surface area contributed by atoms with Gasteiger partial charge in [0.15, 0.2) is 6.29 Å². The lowest BCUT2D eigenvalue weighted by Crippen LogP contribution is -2.40. The molecular formula is C5H13O5P. The highest BCUT2D eigenvalue weighted by Gasteiger charge is 2.22. The summed E-state index contributed by atoms with van der Waals surface area (Å²) in [7, 11) is 0. The highest BCUT2D eigenvalue weighted by molar-refractivity contribution is 6.92. The van der Waals surface area contributed by atoms with Crippen molar-refractivity contribution in [1.82, 2.24) is 0 Å². The Balaban J connectivity index is 0. The Kier molecular flexibility index (Phi) is 8.16. The molecule has 4 atom stereocenters. The summed E-state index contributed by atoms with van der Waals surface area (Å²) >= 11 is 0. The summed E-state index contributed by atoms with van der Waals surface area (Å²) in [6.07, 6.45) is -4.63. The normalized spacial score (nSPS) is 17.8. The molecule has 0 heterocycles. The van der Waals surface area contributed by atoms with Crippen LogP contribution in [0.3, 0.4) is 0 Å². The van der Waals surface area contributed by atoms with Gasteiger partial charge in [0.2, 0.25) is 0 Å². The van der Waals surface area contributed by atoms with Gasteiger partial charge >= 0.3 is 0 Å². The Bertz CT molecular complexity index is 109. The van der Waals surface area contributed by atoms with Crippen molar-refractivity contribution in [2.75, 3.05) is 6.61 Å². The van der Waals surface area contributed by atoms with E-state index in [1.54, 1.807) is 0 Å². The molecule has 0 saturated heterocycles. The quantitative estimate of drug-likeness (QED) is 0.282. The topological polar surface area (TPSA) is 98.0 Å². The molecule has 0 aliphatic heterocycles. The maximum absolute atomic E-state index is 9.76. The zero-order valence-corrected chi connectivity index (χ0v) is 7.33. The largest absolute Gasteiger partial charge is 0.394 e. The van der Waals surface area contributed by atoms with Crippen LogP contribution in [0.2, 0.25) is 0 Å². The molecule has 0 rings (SSSR count). The molecule has 0 aromatic heterocycles. The first-order valence-corrected chi connectivity index (χ1v) is 2.73. The Labute approximate surface area is 67.3 Å². The standard InChI is InChI=1S/C5H10O5.H3P/c6-1-3(8)5(10)4(9)2-7;/h1,3-5,7-10H,2H2;1H3/t3-,4-,5+;/m1./s1. The number of carbonyl (C=O) groups is 1. The molecule has 68 valence electrons. The van der Waals surface area contributed by atoms with Gasteiger partial charge in [-0.1, -0.05) is 0 Å². The first-order chi connectivity index (χ1) is 4.63. The van der Waals surface area contributed by atoms with Gasteiger partial charge in [0.25, 0.3) is 0 Å². The highest BCUT2D eigenvalue weighted by Crippen LogP contribution is 1.96. The maximum Gasteiger partial charge on any atom is 0.151 e. The van der Waals surface area contributed by atoms with E-state index in [4.69, 9.17) is 20.4 Å². The van der Waals surface area contributed by atoms with E-state index in [1.165, 1.54) is 0 Å². The summed E-state index contributed by atoms with van der Waals surface area (Å²) in [5.74, 6) is 0. The molecule has 0 spiro atoms. The van der Waals surface area contributed by atoms with Crippen LogP contribution in [0.5, 0.6) is 0 Å². The Hall–Kier alpha value is -0.0600. The van der Waals surface area contributed by atoms with E-state index in [0.29, 0.717) is 0 Å². The molecule has 5 nitrogen and oxygen atoms in total. The smallest absolute Gasteiger partial charge is 0.151 e. The predicted molar refractivity (Wildman–Crippen MR) is 42.3 cm³/mol. The third-order valence-corrected chi connectivity index (χ3v) is 1.07. The number of aliphatic hydroxyl groups is 4. The van der Waals surface area contributed by atoms with Gasteiger partial charge in [-0.25, -0.2) is 0 Å². The van der Waals surface area contributed by atoms with Gasteiger partial charge in [-0.05, 0) is 0 Å². The molecular weight excluding hydrogens is 171 g/mol. The SMILES string of the molecule is O=C[C@@H](O)[C@H](O)[C@H](O)CO.P. The number of aliphatic hydroxyl groups excluding tert-OH is 4. The minimum absolute atomic E-state index is 0. The molecule has 6 heteroatoms. The van der Waals surface area contributed by atoms with Crippen molar-refractivity contribution in [3.05, 3.63) is 0 Å². The van der Waals surface area contributed by atoms with Crippen LogP contribution in [0, 0.1) is 0 Å². The second kappa shape index (κ2) is 6.64. The summed E-state index contributed by atoms with van der Waals surface area (Å²) in [6.45, 7) is -0.688. The van der Waals surface area contributed by atoms with Gasteiger partial charge in [-0.3, -0.25) is 0 Å². The molecule has 1 unspecified atom stereocenters. The minimum Gasteiger partial charge on any atom is -0.394 e. The van der Waals surface area contributed by atoms with Crippen LogP contribution in [0.4, 0.5) is 0 Å². The number of hydrogen-bond donors (Lipinski definition) is 4. The second-order valence-corrected chi connectivity index (χ2v) is 1.87. The first kappa shape index (κ1) is 13.5. The zero-order chi connectivity index (χ0) is 8.15. The average Bonchev–Trinajstić information content (AvgIpc) is 2.00. The highest BCUT2D eigenvalue weighted by atomic mass is 31.0. The van der Waals surface area contributed by atoms with E-state index in [1.807, 2.05) is 0 Å². The lowest BCUT2D eigenvalue weighted by atomic mass is 10.1. The summed E-state index contributed by atoms with van der Waals surface area (Å²) in [6, 6.07) is 0.